The molecule has 1 fully saturated rings. The van der Waals surface area contributed by atoms with Crippen molar-refractivity contribution >= 4 is 15.9 Å². The molecular formula is C14H29N3O4S. The standard InChI is InChI=1S/C14H29N3O4S/c1-10(2)13(17-8-11(3)21-12(4)9-17)14(18)15-6-7-16-22(5,19)20/h10-13,16H,6-9H2,1-5H3,(H,15,18)/t11-,12-,13+/m1/s1. The van der Waals surface area contributed by atoms with E-state index in [1.165, 1.54) is 0 Å². The highest BCUT2D eigenvalue weighted by molar-refractivity contribution is 7.88. The number of ether oxygens (including phenoxy) is 1. The number of rotatable bonds is 7. The van der Waals surface area contributed by atoms with Gasteiger partial charge in [-0.1, -0.05) is 13.8 Å². The topological polar surface area (TPSA) is 87.7 Å². The Kier molecular flexibility index (Phi) is 7.24. The molecule has 8 heteroatoms. The summed E-state index contributed by atoms with van der Waals surface area (Å²) in [6.45, 7) is 9.98. The third kappa shape index (κ3) is 6.60. The summed E-state index contributed by atoms with van der Waals surface area (Å²) < 4.78 is 30.1. The van der Waals surface area contributed by atoms with Crippen molar-refractivity contribution in [1.82, 2.24) is 14.9 Å². The van der Waals surface area contributed by atoms with Gasteiger partial charge in [-0.2, -0.15) is 0 Å². The van der Waals surface area contributed by atoms with Gasteiger partial charge in [-0.15, -0.1) is 0 Å². The molecule has 0 radical (unpaired) electrons. The third-order valence-electron chi connectivity index (χ3n) is 3.53. The average molecular weight is 335 g/mol. The van der Waals surface area contributed by atoms with E-state index in [1.54, 1.807) is 0 Å². The zero-order valence-corrected chi connectivity index (χ0v) is 14.9. The van der Waals surface area contributed by atoms with Crippen molar-refractivity contribution in [3.8, 4) is 0 Å². The van der Waals surface area contributed by atoms with E-state index in [0.29, 0.717) is 0 Å². The Morgan fingerprint density at radius 3 is 2.23 bits per heavy atom. The Hall–Kier alpha value is -0.700. The van der Waals surface area contributed by atoms with Crippen molar-refractivity contribution in [3.63, 3.8) is 0 Å². The molecule has 0 aromatic rings. The van der Waals surface area contributed by atoms with E-state index in [-0.39, 0.29) is 43.2 Å². The van der Waals surface area contributed by atoms with E-state index in [2.05, 4.69) is 14.9 Å². The Balaban J connectivity index is 2.56. The van der Waals surface area contributed by atoms with E-state index in [9.17, 15) is 13.2 Å². The van der Waals surface area contributed by atoms with Crippen molar-refractivity contribution in [2.75, 3.05) is 32.4 Å². The first-order valence-electron chi connectivity index (χ1n) is 7.72. The average Bonchev–Trinajstić information content (AvgIpc) is 2.32. The number of amides is 1. The van der Waals surface area contributed by atoms with Crippen LogP contribution in [0.5, 0.6) is 0 Å². The molecule has 2 N–H and O–H groups in total. The zero-order chi connectivity index (χ0) is 16.9. The molecule has 130 valence electrons. The highest BCUT2D eigenvalue weighted by Crippen LogP contribution is 2.18. The third-order valence-corrected chi connectivity index (χ3v) is 4.26. The maximum absolute atomic E-state index is 12.5. The lowest BCUT2D eigenvalue weighted by atomic mass is 9.99. The predicted octanol–water partition coefficient (Wildman–Crippen LogP) is -0.214. The highest BCUT2D eigenvalue weighted by Gasteiger charge is 2.33. The van der Waals surface area contributed by atoms with Gasteiger partial charge < -0.3 is 10.1 Å². The molecule has 0 spiro atoms. The number of morpholine rings is 1. The molecule has 1 amide bonds. The molecule has 3 atom stereocenters. The quantitative estimate of drug-likeness (QED) is 0.629. The maximum atomic E-state index is 12.5. The number of sulfonamides is 1. The fourth-order valence-electron chi connectivity index (χ4n) is 2.86. The summed E-state index contributed by atoms with van der Waals surface area (Å²) in [6.07, 6.45) is 1.30. The molecule has 1 rings (SSSR count). The summed E-state index contributed by atoms with van der Waals surface area (Å²) in [4.78, 5) is 14.6. The van der Waals surface area contributed by atoms with Crippen LogP contribution in [0.1, 0.15) is 27.7 Å². The Bertz CT molecular complexity index is 457. The van der Waals surface area contributed by atoms with Gasteiger partial charge in [-0.3, -0.25) is 9.69 Å². The van der Waals surface area contributed by atoms with Gasteiger partial charge in [0.25, 0.3) is 0 Å². The predicted molar refractivity (Wildman–Crippen MR) is 86.1 cm³/mol. The van der Waals surface area contributed by atoms with Gasteiger partial charge in [0.1, 0.15) is 0 Å². The minimum atomic E-state index is -3.22. The summed E-state index contributed by atoms with van der Waals surface area (Å²) in [5.41, 5.74) is 0. The van der Waals surface area contributed by atoms with Crippen LogP contribution in [0.4, 0.5) is 0 Å². The van der Waals surface area contributed by atoms with E-state index >= 15 is 0 Å². The molecule has 0 unspecified atom stereocenters. The van der Waals surface area contributed by atoms with Crippen molar-refractivity contribution in [3.05, 3.63) is 0 Å². The Morgan fingerprint density at radius 2 is 1.77 bits per heavy atom. The minimum Gasteiger partial charge on any atom is -0.373 e. The van der Waals surface area contributed by atoms with Gasteiger partial charge in [0.05, 0.1) is 24.5 Å². The number of hydrogen-bond acceptors (Lipinski definition) is 5. The fraction of sp³-hybridized carbons (Fsp3) is 0.929. The van der Waals surface area contributed by atoms with Gasteiger partial charge in [0.15, 0.2) is 0 Å². The van der Waals surface area contributed by atoms with Crippen LogP contribution in [0.15, 0.2) is 0 Å². The normalized spacial score (nSPS) is 25.2. The first-order chi connectivity index (χ1) is 10.1. The Labute approximate surface area is 133 Å². The molecule has 0 bridgehead atoms. The number of hydrogen-bond donors (Lipinski definition) is 2. The lowest BCUT2D eigenvalue weighted by Crippen LogP contribution is -2.57. The number of nitrogens with one attached hydrogen (secondary N) is 2. The summed E-state index contributed by atoms with van der Waals surface area (Å²) in [6, 6.07) is -0.230. The summed E-state index contributed by atoms with van der Waals surface area (Å²) in [5.74, 6) is 0.104. The second-order valence-corrected chi connectivity index (χ2v) is 8.19. The van der Waals surface area contributed by atoms with Crippen molar-refractivity contribution in [2.45, 2.75) is 45.9 Å². The van der Waals surface area contributed by atoms with Crippen LogP contribution in [0.2, 0.25) is 0 Å². The first kappa shape index (κ1) is 19.3. The van der Waals surface area contributed by atoms with Crippen molar-refractivity contribution < 1.29 is 17.9 Å². The van der Waals surface area contributed by atoms with Crippen molar-refractivity contribution in [1.29, 1.82) is 0 Å². The lowest BCUT2D eigenvalue weighted by molar-refractivity contribution is -0.135. The molecule has 7 nitrogen and oxygen atoms in total. The molecule has 0 aliphatic carbocycles. The fourth-order valence-corrected chi connectivity index (χ4v) is 3.33. The monoisotopic (exact) mass is 335 g/mol. The van der Waals surface area contributed by atoms with E-state index in [4.69, 9.17) is 4.74 Å². The molecule has 1 heterocycles. The summed E-state index contributed by atoms with van der Waals surface area (Å²) in [5, 5.41) is 2.82. The number of carbonyl (C=O) groups excluding carboxylic acids is 1. The summed E-state index contributed by atoms with van der Waals surface area (Å²) in [7, 11) is -3.22. The second kappa shape index (κ2) is 8.24. The summed E-state index contributed by atoms with van der Waals surface area (Å²) >= 11 is 0. The van der Waals surface area contributed by atoms with Crippen LogP contribution in [-0.2, 0) is 19.6 Å². The van der Waals surface area contributed by atoms with Crippen LogP contribution < -0.4 is 10.0 Å². The van der Waals surface area contributed by atoms with Crippen molar-refractivity contribution in [2.24, 2.45) is 5.92 Å². The lowest BCUT2D eigenvalue weighted by Gasteiger charge is -2.41. The molecule has 1 aliphatic rings. The minimum absolute atomic E-state index is 0.0633. The maximum Gasteiger partial charge on any atom is 0.237 e. The SMILES string of the molecule is CC(C)[C@@H](C(=O)NCCNS(C)(=O)=O)N1C[C@@H](C)O[C@H](C)C1. The second-order valence-electron chi connectivity index (χ2n) is 6.36. The Morgan fingerprint density at radius 1 is 1.23 bits per heavy atom. The smallest absolute Gasteiger partial charge is 0.237 e. The molecule has 0 saturated carbocycles. The number of carbonyl (C=O) groups is 1. The van der Waals surface area contributed by atoms with E-state index < -0.39 is 10.0 Å². The first-order valence-corrected chi connectivity index (χ1v) is 9.61. The highest BCUT2D eigenvalue weighted by atomic mass is 32.2. The zero-order valence-electron chi connectivity index (χ0n) is 14.1. The van der Waals surface area contributed by atoms with Crippen LogP contribution in [0, 0.1) is 5.92 Å². The van der Waals surface area contributed by atoms with Gasteiger partial charge in [-0.25, -0.2) is 13.1 Å². The molecule has 1 aliphatic heterocycles. The van der Waals surface area contributed by atoms with Gasteiger partial charge in [0, 0.05) is 26.2 Å². The van der Waals surface area contributed by atoms with Crippen LogP contribution in [0.3, 0.4) is 0 Å². The largest absolute Gasteiger partial charge is 0.373 e. The van der Waals surface area contributed by atoms with Gasteiger partial charge in [-0.05, 0) is 19.8 Å². The molecule has 0 aromatic heterocycles. The van der Waals surface area contributed by atoms with Gasteiger partial charge in [0.2, 0.25) is 15.9 Å². The molecule has 0 aromatic carbocycles. The van der Waals surface area contributed by atoms with E-state index in [0.717, 1.165) is 19.3 Å². The molecule has 1 saturated heterocycles. The van der Waals surface area contributed by atoms with Crippen LogP contribution >= 0.6 is 0 Å². The van der Waals surface area contributed by atoms with Crippen LogP contribution in [-0.4, -0.2) is 69.9 Å². The molecular weight excluding hydrogens is 306 g/mol. The van der Waals surface area contributed by atoms with Gasteiger partial charge >= 0.3 is 0 Å². The molecule has 22 heavy (non-hydrogen) atoms. The van der Waals surface area contributed by atoms with Crippen LogP contribution in [0.25, 0.3) is 0 Å². The number of nitrogens with zero attached hydrogens (tertiary/aromatic N) is 1. The van der Waals surface area contributed by atoms with E-state index in [1.807, 2.05) is 27.7 Å².